The zero-order chi connectivity index (χ0) is 18.3. The molecule has 4 nitrogen and oxygen atoms in total. The van der Waals surface area contributed by atoms with Gasteiger partial charge in [-0.05, 0) is 56.2 Å². The minimum Gasteiger partial charge on any atom is -0.464 e. The van der Waals surface area contributed by atoms with Gasteiger partial charge in [-0.1, -0.05) is 6.07 Å². The zero-order valence-corrected chi connectivity index (χ0v) is 16.3. The van der Waals surface area contributed by atoms with Gasteiger partial charge < -0.3 is 9.40 Å². The number of rotatable bonds is 4. The summed E-state index contributed by atoms with van der Waals surface area (Å²) >= 11 is 3.16. The Labute approximate surface area is 159 Å². The number of hydrogen-bond donors (Lipinski definition) is 1. The summed E-state index contributed by atoms with van der Waals surface area (Å²) in [5.74, 6) is 1.38. The van der Waals surface area contributed by atoms with Crippen LogP contribution in [0.4, 0.5) is 0 Å². The van der Waals surface area contributed by atoms with E-state index in [4.69, 9.17) is 9.40 Å². The van der Waals surface area contributed by atoms with E-state index in [-0.39, 0.29) is 10.8 Å². The highest BCUT2D eigenvalue weighted by atomic mass is 32.2. The summed E-state index contributed by atoms with van der Waals surface area (Å²) in [6.45, 7) is 6.27. The molecule has 0 saturated carbocycles. The predicted molar refractivity (Wildman–Crippen MR) is 108 cm³/mol. The van der Waals surface area contributed by atoms with E-state index in [1.807, 2.05) is 17.5 Å². The molecule has 6 heteroatoms. The molecule has 0 radical (unpaired) electrons. The molecule has 132 valence electrons. The molecule has 0 bridgehead atoms. The van der Waals surface area contributed by atoms with Crippen molar-refractivity contribution in [2.24, 2.45) is 0 Å². The van der Waals surface area contributed by atoms with E-state index in [9.17, 15) is 4.79 Å². The van der Waals surface area contributed by atoms with Crippen molar-refractivity contribution in [3.8, 4) is 11.3 Å². The van der Waals surface area contributed by atoms with E-state index < -0.39 is 0 Å². The highest BCUT2D eigenvalue weighted by Gasteiger charge is 2.17. The van der Waals surface area contributed by atoms with Crippen LogP contribution in [0.15, 0.2) is 56.1 Å². The second kappa shape index (κ2) is 6.78. The third-order valence-corrected chi connectivity index (χ3v) is 6.40. The number of aryl methyl sites for hydroxylation is 2. The largest absolute Gasteiger partial charge is 0.464 e. The SMILES string of the molecule is Cc1ccc(SC(C)c2nc3scc(-c4ccco4)c3c(=O)[nH]2)cc1C. The maximum absolute atomic E-state index is 12.7. The highest BCUT2D eigenvalue weighted by molar-refractivity contribution is 7.99. The average molecular weight is 383 g/mol. The lowest BCUT2D eigenvalue weighted by Gasteiger charge is -2.12. The second-order valence-electron chi connectivity index (χ2n) is 6.26. The van der Waals surface area contributed by atoms with Crippen LogP contribution in [0.1, 0.15) is 29.1 Å². The van der Waals surface area contributed by atoms with Crippen LogP contribution in [0.3, 0.4) is 0 Å². The van der Waals surface area contributed by atoms with Crippen molar-refractivity contribution in [1.29, 1.82) is 0 Å². The molecule has 0 aliphatic heterocycles. The maximum atomic E-state index is 12.7. The molecule has 3 heterocycles. The van der Waals surface area contributed by atoms with E-state index in [2.05, 4.69) is 44.0 Å². The number of nitrogens with one attached hydrogen (secondary N) is 1. The molecule has 0 saturated heterocycles. The minimum absolute atomic E-state index is 0.0448. The van der Waals surface area contributed by atoms with Crippen LogP contribution >= 0.6 is 23.1 Å². The molecule has 1 aromatic carbocycles. The monoisotopic (exact) mass is 382 g/mol. The minimum atomic E-state index is -0.120. The fraction of sp³-hybridized carbons (Fsp3) is 0.200. The number of aromatic amines is 1. The Bertz CT molecular complexity index is 1130. The Hall–Kier alpha value is -2.31. The number of thiophene rings is 1. The quantitative estimate of drug-likeness (QED) is 0.459. The molecule has 0 amide bonds. The number of nitrogens with zero attached hydrogens (tertiary/aromatic N) is 1. The van der Waals surface area contributed by atoms with Gasteiger partial charge in [0.15, 0.2) is 0 Å². The molecular weight excluding hydrogens is 364 g/mol. The van der Waals surface area contributed by atoms with Crippen molar-refractivity contribution >= 4 is 33.3 Å². The number of benzene rings is 1. The van der Waals surface area contributed by atoms with Gasteiger partial charge in [-0.2, -0.15) is 0 Å². The summed E-state index contributed by atoms with van der Waals surface area (Å²) in [6.07, 6.45) is 1.61. The molecular formula is C20H18N2O2S2. The molecule has 4 aromatic rings. The first-order valence-corrected chi connectivity index (χ1v) is 10.1. The van der Waals surface area contributed by atoms with E-state index in [1.54, 1.807) is 18.0 Å². The Kier molecular flexibility index (Phi) is 4.46. The third-order valence-electron chi connectivity index (χ3n) is 4.43. The van der Waals surface area contributed by atoms with Gasteiger partial charge in [0.2, 0.25) is 0 Å². The summed E-state index contributed by atoms with van der Waals surface area (Å²) in [5, 5.41) is 2.57. The van der Waals surface area contributed by atoms with Crippen LogP contribution in [-0.2, 0) is 0 Å². The van der Waals surface area contributed by atoms with Crippen molar-refractivity contribution in [1.82, 2.24) is 9.97 Å². The first-order chi connectivity index (χ1) is 12.5. The van der Waals surface area contributed by atoms with Crippen molar-refractivity contribution in [2.75, 3.05) is 0 Å². The van der Waals surface area contributed by atoms with Crippen LogP contribution in [0.5, 0.6) is 0 Å². The molecule has 1 atom stereocenters. The molecule has 0 aliphatic rings. The molecule has 3 aromatic heterocycles. The fourth-order valence-corrected chi connectivity index (χ4v) is 4.78. The van der Waals surface area contributed by atoms with Crippen molar-refractivity contribution in [3.63, 3.8) is 0 Å². The van der Waals surface area contributed by atoms with Crippen LogP contribution in [0, 0.1) is 13.8 Å². The van der Waals surface area contributed by atoms with Crippen molar-refractivity contribution in [3.05, 3.63) is 69.3 Å². The number of aromatic nitrogens is 2. The fourth-order valence-electron chi connectivity index (χ4n) is 2.82. The summed E-state index contributed by atoms with van der Waals surface area (Å²) in [4.78, 5) is 22.3. The maximum Gasteiger partial charge on any atom is 0.260 e. The van der Waals surface area contributed by atoms with Crippen LogP contribution < -0.4 is 5.56 Å². The van der Waals surface area contributed by atoms with Gasteiger partial charge >= 0.3 is 0 Å². The number of furan rings is 1. The number of thioether (sulfide) groups is 1. The Balaban J connectivity index is 1.69. The normalized spacial score (nSPS) is 12.6. The third kappa shape index (κ3) is 3.10. The van der Waals surface area contributed by atoms with Crippen molar-refractivity contribution < 1.29 is 4.42 Å². The van der Waals surface area contributed by atoms with E-state index in [1.165, 1.54) is 27.4 Å². The van der Waals surface area contributed by atoms with Gasteiger partial charge in [-0.3, -0.25) is 4.79 Å². The molecule has 0 aliphatic carbocycles. The molecule has 4 rings (SSSR count). The standard InChI is InChI=1S/C20H18N2O2S2/c1-11-6-7-14(9-12(11)2)26-13(3)18-21-19(23)17-15(10-25-20(17)22-18)16-5-4-8-24-16/h4-10,13H,1-3H3,(H,21,22,23). The lowest BCUT2D eigenvalue weighted by atomic mass is 10.1. The van der Waals surface area contributed by atoms with E-state index >= 15 is 0 Å². The molecule has 1 unspecified atom stereocenters. The zero-order valence-electron chi connectivity index (χ0n) is 14.7. The summed E-state index contributed by atoms with van der Waals surface area (Å²) < 4.78 is 5.44. The van der Waals surface area contributed by atoms with Crippen molar-refractivity contribution in [2.45, 2.75) is 30.9 Å². The van der Waals surface area contributed by atoms with E-state index in [0.29, 0.717) is 17.0 Å². The Morgan fingerprint density at radius 2 is 2.08 bits per heavy atom. The molecule has 0 spiro atoms. The van der Waals surface area contributed by atoms with Crippen LogP contribution in [0.2, 0.25) is 0 Å². The average Bonchev–Trinajstić information content (AvgIpc) is 3.27. The van der Waals surface area contributed by atoms with Gasteiger partial charge in [0.05, 0.1) is 16.9 Å². The number of fused-ring (bicyclic) bond motifs is 1. The highest BCUT2D eigenvalue weighted by Crippen LogP contribution is 2.36. The smallest absolute Gasteiger partial charge is 0.260 e. The first kappa shape index (κ1) is 17.1. The van der Waals surface area contributed by atoms with Gasteiger partial charge in [0, 0.05) is 15.8 Å². The number of hydrogen-bond acceptors (Lipinski definition) is 5. The summed E-state index contributed by atoms with van der Waals surface area (Å²) in [6, 6.07) is 10.1. The first-order valence-electron chi connectivity index (χ1n) is 8.32. The lowest BCUT2D eigenvalue weighted by Crippen LogP contribution is -2.12. The van der Waals surface area contributed by atoms with Gasteiger partial charge in [0.25, 0.3) is 5.56 Å². The topological polar surface area (TPSA) is 58.9 Å². The van der Waals surface area contributed by atoms with Crippen LogP contribution in [-0.4, -0.2) is 9.97 Å². The van der Waals surface area contributed by atoms with Crippen LogP contribution in [0.25, 0.3) is 21.5 Å². The van der Waals surface area contributed by atoms with Gasteiger partial charge in [0.1, 0.15) is 16.4 Å². The van der Waals surface area contributed by atoms with Gasteiger partial charge in [-0.25, -0.2) is 4.98 Å². The second-order valence-corrected chi connectivity index (χ2v) is 8.54. The Morgan fingerprint density at radius 3 is 2.81 bits per heavy atom. The predicted octanol–water partition coefficient (Wildman–Crippen LogP) is 5.71. The summed E-state index contributed by atoms with van der Waals surface area (Å²) in [7, 11) is 0. The van der Waals surface area contributed by atoms with Gasteiger partial charge in [-0.15, -0.1) is 23.1 Å². The molecule has 1 N–H and O–H groups in total. The Morgan fingerprint density at radius 1 is 1.23 bits per heavy atom. The number of H-pyrrole nitrogens is 1. The molecule has 26 heavy (non-hydrogen) atoms. The summed E-state index contributed by atoms with van der Waals surface area (Å²) in [5.41, 5.74) is 3.22. The van der Waals surface area contributed by atoms with E-state index in [0.717, 1.165) is 10.4 Å². The lowest BCUT2D eigenvalue weighted by molar-refractivity contribution is 0.583. The molecule has 0 fully saturated rings.